The van der Waals surface area contributed by atoms with E-state index in [4.69, 9.17) is 5.10 Å². The summed E-state index contributed by atoms with van der Waals surface area (Å²) in [7, 11) is 0. The maximum Gasteiger partial charge on any atom is 0.416 e. The van der Waals surface area contributed by atoms with Gasteiger partial charge in [-0.2, -0.15) is 18.3 Å². The van der Waals surface area contributed by atoms with E-state index in [0.717, 1.165) is 68.4 Å². The lowest BCUT2D eigenvalue weighted by Crippen LogP contribution is -3.12. The van der Waals surface area contributed by atoms with Gasteiger partial charge in [0, 0.05) is 24.6 Å². The summed E-state index contributed by atoms with van der Waals surface area (Å²) in [6, 6.07) is 23.1. The van der Waals surface area contributed by atoms with Crippen LogP contribution in [0.1, 0.15) is 47.7 Å². The van der Waals surface area contributed by atoms with Gasteiger partial charge in [-0.05, 0) is 42.2 Å². The van der Waals surface area contributed by atoms with Crippen molar-refractivity contribution in [3.8, 4) is 0 Å². The Morgan fingerprint density at radius 3 is 2.24 bits per heavy atom. The fourth-order valence-electron chi connectivity index (χ4n) is 5.35. The Morgan fingerprint density at radius 2 is 1.53 bits per heavy atom. The van der Waals surface area contributed by atoms with Crippen molar-refractivity contribution in [2.45, 2.75) is 44.3 Å². The second kappa shape index (κ2) is 12.1. The average Bonchev–Trinajstić information content (AvgIpc) is 3.15. The number of hydrogen-bond donors (Lipinski definition) is 1. The minimum Gasteiger partial charge on any atom is -1.00 e. The first-order valence-corrected chi connectivity index (χ1v) is 12.9. The van der Waals surface area contributed by atoms with Crippen LogP contribution < -0.4 is 22.9 Å². The van der Waals surface area contributed by atoms with Gasteiger partial charge in [-0.1, -0.05) is 60.7 Å². The van der Waals surface area contributed by atoms with E-state index in [9.17, 15) is 18.0 Å². The second-order valence-electron chi connectivity index (χ2n) is 9.93. The monoisotopic (exact) mass is 541 g/mol. The number of benzene rings is 3. The third kappa shape index (κ3) is 6.45. The first kappa shape index (κ1) is 27.9. The van der Waals surface area contributed by atoms with Crippen LogP contribution in [0.25, 0.3) is 10.8 Å². The topological polar surface area (TPSA) is 39.3 Å². The Hall–Kier alpha value is -3.16. The number of nitrogens with zero attached hydrogens (tertiary/aromatic N) is 2. The predicted octanol–water partition coefficient (Wildman–Crippen LogP) is 1.86. The minimum atomic E-state index is -4.37. The Kier molecular flexibility index (Phi) is 8.90. The van der Waals surface area contributed by atoms with Gasteiger partial charge in [-0.25, -0.2) is 4.68 Å². The molecule has 4 aromatic rings. The highest BCUT2D eigenvalue weighted by atomic mass is 35.5. The largest absolute Gasteiger partial charge is 1.00 e. The average molecular weight is 542 g/mol. The van der Waals surface area contributed by atoms with Crippen LogP contribution in [0.3, 0.4) is 0 Å². The van der Waals surface area contributed by atoms with Crippen LogP contribution in [-0.4, -0.2) is 29.4 Å². The quantitative estimate of drug-likeness (QED) is 0.405. The number of nitrogens with one attached hydrogen (secondary N) is 1. The Balaban J connectivity index is 0.00000336. The third-order valence-electron chi connectivity index (χ3n) is 7.41. The fraction of sp³-hybridized carbons (Fsp3) is 0.333. The van der Waals surface area contributed by atoms with Gasteiger partial charge in [0.1, 0.15) is 0 Å². The second-order valence-corrected chi connectivity index (χ2v) is 9.93. The van der Waals surface area contributed by atoms with Crippen molar-refractivity contribution in [3.63, 3.8) is 0 Å². The number of alkyl halides is 3. The van der Waals surface area contributed by atoms with Gasteiger partial charge in [0.25, 0.3) is 5.56 Å². The molecule has 1 aromatic heterocycles. The molecule has 0 amide bonds. The molecule has 1 aliphatic heterocycles. The van der Waals surface area contributed by atoms with Crippen molar-refractivity contribution < 1.29 is 30.5 Å². The highest BCUT2D eigenvalue weighted by Crippen LogP contribution is 2.29. The van der Waals surface area contributed by atoms with Crippen molar-refractivity contribution in [2.75, 3.05) is 19.6 Å². The van der Waals surface area contributed by atoms with E-state index in [1.54, 1.807) is 9.58 Å². The first-order valence-electron chi connectivity index (χ1n) is 12.9. The smallest absolute Gasteiger partial charge is 0.416 e. The highest BCUT2D eigenvalue weighted by molar-refractivity contribution is 5.83. The highest BCUT2D eigenvalue weighted by Gasteiger charge is 2.30. The molecule has 0 spiro atoms. The summed E-state index contributed by atoms with van der Waals surface area (Å²) < 4.78 is 40.7. The van der Waals surface area contributed by atoms with Crippen molar-refractivity contribution in [2.24, 2.45) is 0 Å². The van der Waals surface area contributed by atoms with E-state index in [0.29, 0.717) is 17.5 Å². The number of quaternary nitrogens is 1. The number of hydrogen-bond acceptors (Lipinski definition) is 2. The molecule has 4 nitrogen and oxygen atoms in total. The Morgan fingerprint density at radius 1 is 0.842 bits per heavy atom. The Labute approximate surface area is 226 Å². The van der Waals surface area contributed by atoms with Crippen LogP contribution in [-0.2, 0) is 19.0 Å². The van der Waals surface area contributed by atoms with Crippen LogP contribution in [0.2, 0.25) is 0 Å². The normalized spacial score (nSPS) is 18.1. The molecule has 200 valence electrons. The van der Waals surface area contributed by atoms with Crippen molar-refractivity contribution in [3.05, 3.63) is 112 Å². The van der Waals surface area contributed by atoms with Gasteiger partial charge >= 0.3 is 6.18 Å². The number of rotatable bonds is 6. The van der Waals surface area contributed by atoms with E-state index in [1.165, 1.54) is 17.7 Å². The fourth-order valence-corrected chi connectivity index (χ4v) is 5.35. The molecule has 8 heteroatoms. The molecule has 1 fully saturated rings. The van der Waals surface area contributed by atoms with Gasteiger partial charge in [0.15, 0.2) is 0 Å². The lowest BCUT2D eigenvalue weighted by Gasteiger charge is -2.19. The van der Waals surface area contributed by atoms with Crippen LogP contribution >= 0.6 is 0 Å². The molecule has 0 radical (unpaired) electrons. The summed E-state index contributed by atoms with van der Waals surface area (Å²) in [5.41, 5.74) is 2.03. The minimum absolute atomic E-state index is 0. The van der Waals surface area contributed by atoms with Gasteiger partial charge in [-0.15, -0.1) is 0 Å². The molecule has 5 rings (SSSR count). The molecular formula is C30H31ClF3N3O. The number of fused-ring (bicyclic) bond motifs is 1. The standard InChI is InChI=1S/C30H30F3N3O.ClH/c31-30(32,33)24-14-12-23(13-15-24)21-28-26-10-4-5-11-27(26)29(37)36(34-28)25-9-6-18-35(20-17-25)19-16-22-7-2-1-3-8-22;/h1-5,7-8,10-15,25H,6,9,16-21H2;1H. The lowest BCUT2D eigenvalue weighted by atomic mass is 10.0. The molecule has 1 saturated heterocycles. The number of aromatic nitrogens is 2. The van der Waals surface area contributed by atoms with Crippen LogP contribution in [0.4, 0.5) is 13.2 Å². The molecule has 2 atom stereocenters. The van der Waals surface area contributed by atoms with E-state index in [2.05, 4.69) is 24.3 Å². The molecule has 2 heterocycles. The summed E-state index contributed by atoms with van der Waals surface area (Å²) in [5, 5.41) is 6.19. The summed E-state index contributed by atoms with van der Waals surface area (Å²) in [4.78, 5) is 15.0. The van der Waals surface area contributed by atoms with E-state index >= 15 is 0 Å². The summed E-state index contributed by atoms with van der Waals surface area (Å²) in [5.74, 6) is 0. The van der Waals surface area contributed by atoms with Crippen molar-refractivity contribution in [1.82, 2.24) is 9.78 Å². The molecule has 1 aliphatic rings. The summed E-state index contributed by atoms with van der Waals surface area (Å²) in [6.07, 6.45) is -0.196. The third-order valence-corrected chi connectivity index (χ3v) is 7.41. The van der Waals surface area contributed by atoms with Crippen LogP contribution in [0.15, 0.2) is 83.7 Å². The molecule has 38 heavy (non-hydrogen) atoms. The van der Waals surface area contributed by atoms with Gasteiger partial charge in [0.05, 0.1) is 42.3 Å². The van der Waals surface area contributed by atoms with Crippen LogP contribution in [0.5, 0.6) is 0 Å². The zero-order chi connectivity index (χ0) is 25.8. The first-order chi connectivity index (χ1) is 17.9. The maximum absolute atomic E-state index is 13.5. The molecule has 2 unspecified atom stereocenters. The zero-order valence-corrected chi connectivity index (χ0v) is 21.8. The summed E-state index contributed by atoms with van der Waals surface area (Å²) in [6.45, 7) is 3.12. The molecule has 0 saturated carbocycles. The number of likely N-dealkylation sites (tertiary alicyclic amines) is 1. The molecule has 1 N–H and O–H groups in total. The SMILES string of the molecule is O=c1c2ccccc2c(Cc2ccc(C(F)(F)F)cc2)nn1C1CCC[NH+](CCc2ccccc2)CC1.[Cl-]. The Bertz CT molecular complexity index is 1400. The summed E-state index contributed by atoms with van der Waals surface area (Å²) >= 11 is 0. The molecule has 0 bridgehead atoms. The molecule has 0 aliphatic carbocycles. The van der Waals surface area contributed by atoms with Crippen LogP contribution in [0, 0.1) is 0 Å². The van der Waals surface area contributed by atoms with Crippen molar-refractivity contribution in [1.29, 1.82) is 0 Å². The lowest BCUT2D eigenvalue weighted by molar-refractivity contribution is -0.899. The van der Waals surface area contributed by atoms with Gasteiger partial charge < -0.3 is 17.3 Å². The maximum atomic E-state index is 13.5. The predicted molar refractivity (Wildman–Crippen MR) is 139 cm³/mol. The number of halogens is 4. The zero-order valence-electron chi connectivity index (χ0n) is 21.1. The molecule has 3 aromatic carbocycles. The van der Waals surface area contributed by atoms with Gasteiger partial charge in [0.2, 0.25) is 0 Å². The van der Waals surface area contributed by atoms with E-state index in [-0.39, 0.29) is 24.0 Å². The van der Waals surface area contributed by atoms with Gasteiger partial charge in [-0.3, -0.25) is 4.79 Å². The van der Waals surface area contributed by atoms with E-state index in [1.807, 2.05) is 30.3 Å². The van der Waals surface area contributed by atoms with E-state index < -0.39 is 11.7 Å². The van der Waals surface area contributed by atoms with Crippen molar-refractivity contribution >= 4 is 10.8 Å². The molecular weight excluding hydrogens is 511 g/mol.